The van der Waals surface area contributed by atoms with E-state index in [0.29, 0.717) is 27.5 Å². The molecule has 0 saturated heterocycles. The molecule has 2 heterocycles. The lowest BCUT2D eigenvalue weighted by molar-refractivity contribution is -0.115. The molecule has 0 spiro atoms. The lowest BCUT2D eigenvalue weighted by Crippen LogP contribution is -2.24. The molecule has 8 nitrogen and oxygen atoms in total. The summed E-state index contributed by atoms with van der Waals surface area (Å²) in [6.45, 7) is 1.95. The number of nitrogens with one attached hydrogen (secondary N) is 1. The Morgan fingerprint density at radius 1 is 1.35 bits per heavy atom. The summed E-state index contributed by atoms with van der Waals surface area (Å²) in [4.78, 5) is 12.6. The van der Waals surface area contributed by atoms with Crippen LogP contribution in [0, 0.1) is 0 Å². The minimum Gasteiger partial charge on any atom is -0.496 e. The fourth-order valence-electron chi connectivity index (χ4n) is 2.22. The highest BCUT2D eigenvalue weighted by Gasteiger charge is 2.22. The number of methoxy groups -OCH3 is 1. The molecule has 0 saturated carbocycles. The number of rotatable bonds is 7. The maximum Gasteiger partial charge on any atom is 0.239 e. The molecule has 1 amide bonds. The van der Waals surface area contributed by atoms with Crippen LogP contribution in [0.1, 0.15) is 13.3 Å². The van der Waals surface area contributed by atoms with E-state index in [1.165, 1.54) is 23.1 Å². The van der Waals surface area contributed by atoms with Crippen LogP contribution in [0.25, 0.3) is 10.6 Å². The van der Waals surface area contributed by atoms with Crippen molar-refractivity contribution < 1.29 is 9.53 Å². The van der Waals surface area contributed by atoms with Crippen LogP contribution in [0.5, 0.6) is 5.75 Å². The minimum absolute atomic E-state index is 0.136. The van der Waals surface area contributed by atoms with Gasteiger partial charge in [0.05, 0.1) is 17.9 Å². The average Bonchev–Trinajstić information content (AvgIpc) is 3.28. The van der Waals surface area contributed by atoms with Gasteiger partial charge in [-0.1, -0.05) is 42.2 Å². The van der Waals surface area contributed by atoms with E-state index in [9.17, 15) is 4.79 Å². The summed E-state index contributed by atoms with van der Waals surface area (Å²) in [5.41, 5.74) is 0.841. The molecule has 0 aliphatic heterocycles. The summed E-state index contributed by atoms with van der Waals surface area (Å²) in [6.07, 6.45) is 2.26. The first-order valence-corrected chi connectivity index (χ1v) is 9.60. The molecule has 1 aromatic carbocycles. The van der Waals surface area contributed by atoms with Gasteiger partial charge in [-0.2, -0.15) is 0 Å². The molecule has 2 aromatic heterocycles. The molecule has 26 heavy (non-hydrogen) atoms. The molecule has 0 radical (unpaired) electrons. The van der Waals surface area contributed by atoms with E-state index < -0.39 is 0 Å². The number of carbonyl (C=O) groups is 1. The predicted octanol–water partition coefficient (Wildman–Crippen LogP) is 2.85. The Morgan fingerprint density at radius 2 is 2.15 bits per heavy atom. The van der Waals surface area contributed by atoms with E-state index in [1.807, 2.05) is 38.2 Å². The Hall–Kier alpha value is -2.46. The van der Waals surface area contributed by atoms with Crippen molar-refractivity contribution in [1.82, 2.24) is 25.0 Å². The number of amides is 1. The van der Waals surface area contributed by atoms with Crippen LogP contribution in [0.3, 0.4) is 0 Å². The van der Waals surface area contributed by atoms with Gasteiger partial charge in [0.15, 0.2) is 10.2 Å². The Bertz CT molecular complexity index is 894. The van der Waals surface area contributed by atoms with Crippen LogP contribution in [-0.2, 0) is 11.8 Å². The van der Waals surface area contributed by atoms with Crippen LogP contribution in [-0.4, -0.2) is 43.2 Å². The molecule has 136 valence electrons. The molecule has 3 aromatic rings. The highest BCUT2D eigenvalue weighted by Crippen LogP contribution is 2.33. The number of thioether (sulfide) groups is 1. The lowest BCUT2D eigenvalue weighted by atomic mass is 10.2. The molecule has 0 aliphatic carbocycles. The molecular formula is C16H18N6O2S2. The fraction of sp³-hybridized carbons (Fsp3) is 0.312. The average molecular weight is 390 g/mol. The maximum absolute atomic E-state index is 12.6. The van der Waals surface area contributed by atoms with E-state index in [-0.39, 0.29) is 11.2 Å². The van der Waals surface area contributed by atoms with Crippen LogP contribution >= 0.6 is 23.1 Å². The number of para-hydroxylation sites is 1. The molecular weight excluding hydrogens is 372 g/mol. The van der Waals surface area contributed by atoms with Gasteiger partial charge in [-0.05, 0) is 18.6 Å². The highest BCUT2D eigenvalue weighted by molar-refractivity contribution is 8.00. The first-order valence-electron chi connectivity index (χ1n) is 7.90. The third-order valence-electron chi connectivity index (χ3n) is 3.57. The zero-order valence-corrected chi connectivity index (χ0v) is 16.2. The number of benzene rings is 1. The molecule has 10 heteroatoms. The van der Waals surface area contributed by atoms with Gasteiger partial charge >= 0.3 is 0 Å². The third-order valence-corrected chi connectivity index (χ3v) is 5.86. The van der Waals surface area contributed by atoms with Crippen molar-refractivity contribution in [3.63, 3.8) is 0 Å². The van der Waals surface area contributed by atoms with Gasteiger partial charge < -0.3 is 9.30 Å². The standard InChI is InChI=1S/C16H18N6O2S2/c1-4-12(25-16-21-17-9-22(16)2)13(23)18-15-20-19-14(26-15)10-7-5-6-8-11(10)24-3/h5-9,12H,4H2,1-3H3,(H,18,20,23)/t12-/m0/s1. The number of anilines is 1. The molecule has 1 N–H and O–H groups in total. The van der Waals surface area contributed by atoms with Gasteiger partial charge in [-0.25, -0.2) is 0 Å². The van der Waals surface area contributed by atoms with E-state index in [2.05, 4.69) is 25.7 Å². The highest BCUT2D eigenvalue weighted by atomic mass is 32.2. The van der Waals surface area contributed by atoms with E-state index in [1.54, 1.807) is 18.0 Å². The monoisotopic (exact) mass is 390 g/mol. The van der Waals surface area contributed by atoms with Gasteiger partial charge in [0, 0.05) is 7.05 Å². The fourth-order valence-corrected chi connectivity index (χ4v) is 3.89. The Kier molecular flexibility index (Phi) is 5.84. The van der Waals surface area contributed by atoms with Gasteiger partial charge in [0.25, 0.3) is 0 Å². The molecule has 0 aliphatic rings. The van der Waals surface area contributed by atoms with Crippen molar-refractivity contribution >= 4 is 34.1 Å². The number of aryl methyl sites for hydroxylation is 1. The normalized spacial score (nSPS) is 12.0. The van der Waals surface area contributed by atoms with Gasteiger partial charge in [0.1, 0.15) is 12.1 Å². The zero-order valence-electron chi connectivity index (χ0n) is 14.5. The summed E-state index contributed by atoms with van der Waals surface area (Å²) in [5.74, 6) is 0.578. The second-order valence-electron chi connectivity index (χ2n) is 5.34. The van der Waals surface area contributed by atoms with Crippen molar-refractivity contribution in [3.05, 3.63) is 30.6 Å². The van der Waals surface area contributed by atoms with Gasteiger partial charge in [0.2, 0.25) is 11.0 Å². The topological polar surface area (TPSA) is 94.8 Å². The Morgan fingerprint density at radius 3 is 2.85 bits per heavy atom. The summed E-state index contributed by atoms with van der Waals surface area (Å²) in [7, 11) is 3.45. The second kappa shape index (κ2) is 8.28. The molecule has 1 atom stereocenters. The Labute approximate surface area is 159 Å². The van der Waals surface area contributed by atoms with Crippen LogP contribution in [0.4, 0.5) is 5.13 Å². The number of nitrogens with zero attached hydrogens (tertiary/aromatic N) is 5. The number of hydrogen-bond acceptors (Lipinski definition) is 8. The molecule has 0 fully saturated rings. The van der Waals surface area contributed by atoms with Crippen molar-refractivity contribution in [2.24, 2.45) is 7.05 Å². The van der Waals surface area contributed by atoms with Crippen molar-refractivity contribution in [2.45, 2.75) is 23.8 Å². The predicted molar refractivity (Wildman–Crippen MR) is 101 cm³/mol. The number of carbonyl (C=O) groups excluding carboxylic acids is 1. The summed E-state index contributed by atoms with van der Waals surface area (Å²) >= 11 is 2.68. The second-order valence-corrected chi connectivity index (χ2v) is 7.49. The quantitative estimate of drug-likeness (QED) is 0.620. The van der Waals surface area contributed by atoms with Gasteiger partial charge in [-0.15, -0.1) is 20.4 Å². The van der Waals surface area contributed by atoms with Crippen molar-refractivity contribution in [1.29, 1.82) is 0 Å². The first kappa shape index (κ1) is 18.3. The Balaban J connectivity index is 1.71. The SMILES string of the molecule is CC[C@H](Sc1nncn1C)C(=O)Nc1nnc(-c2ccccc2OC)s1. The van der Waals surface area contributed by atoms with Gasteiger partial charge in [-0.3, -0.25) is 10.1 Å². The van der Waals surface area contributed by atoms with Crippen LogP contribution in [0.2, 0.25) is 0 Å². The maximum atomic E-state index is 12.6. The number of hydrogen-bond donors (Lipinski definition) is 1. The number of ether oxygens (including phenoxy) is 1. The van der Waals surface area contributed by atoms with E-state index >= 15 is 0 Å². The largest absolute Gasteiger partial charge is 0.496 e. The summed E-state index contributed by atoms with van der Waals surface area (Å²) in [5, 5.41) is 20.5. The lowest BCUT2D eigenvalue weighted by Gasteiger charge is -2.12. The smallest absolute Gasteiger partial charge is 0.239 e. The molecule has 3 rings (SSSR count). The number of aromatic nitrogens is 5. The third kappa shape index (κ3) is 4.02. The molecule has 0 bridgehead atoms. The van der Waals surface area contributed by atoms with Crippen molar-refractivity contribution in [2.75, 3.05) is 12.4 Å². The summed E-state index contributed by atoms with van der Waals surface area (Å²) in [6, 6.07) is 7.56. The summed E-state index contributed by atoms with van der Waals surface area (Å²) < 4.78 is 7.13. The van der Waals surface area contributed by atoms with Crippen molar-refractivity contribution in [3.8, 4) is 16.3 Å². The van der Waals surface area contributed by atoms with E-state index in [4.69, 9.17) is 4.74 Å². The van der Waals surface area contributed by atoms with E-state index in [0.717, 1.165) is 5.56 Å². The van der Waals surface area contributed by atoms with Crippen LogP contribution < -0.4 is 10.1 Å². The molecule has 0 unspecified atom stereocenters. The minimum atomic E-state index is -0.295. The first-order chi connectivity index (χ1) is 12.6. The van der Waals surface area contributed by atoms with Crippen LogP contribution in [0.15, 0.2) is 35.7 Å². The zero-order chi connectivity index (χ0) is 18.5.